The molecule has 0 saturated heterocycles. The van der Waals surface area contributed by atoms with Gasteiger partial charge in [-0.1, -0.05) is 42.5 Å². The van der Waals surface area contributed by atoms with Crippen LogP contribution >= 0.6 is 0 Å². The van der Waals surface area contributed by atoms with Crippen molar-refractivity contribution in [2.24, 2.45) is 0 Å². The van der Waals surface area contributed by atoms with Gasteiger partial charge in [0.2, 0.25) is 15.5 Å². The molecule has 12 heteroatoms. The van der Waals surface area contributed by atoms with Crippen LogP contribution in [-0.4, -0.2) is 27.6 Å². The Balaban J connectivity index is 1.56. The zero-order valence-electron chi connectivity index (χ0n) is 19.6. The number of fused-ring (bicyclic) bond motifs is 1. The summed E-state index contributed by atoms with van der Waals surface area (Å²) in [6.45, 7) is 1.24. The van der Waals surface area contributed by atoms with E-state index in [9.17, 15) is 30.8 Å². The van der Waals surface area contributed by atoms with Gasteiger partial charge in [0.05, 0.1) is 17.0 Å². The summed E-state index contributed by atoms with van der Waals surface area (Å²) in [7, 11) is -4.15. The van der Waals surface area contributed by atoms with Crippen molar-refractivity contribution in [3.8, 4) is 16.8 Å². The Morgan fingerprint density at radius 3 is 2.32 bits per heavy atom. The summed E-state index contributed by atoms with van der Waals surface area (Å²) in [6, 6.07) is 15.7. The highest BCUT2D eigenvalue weighted by Gasteiger charge is 2.33. The van der Waals surface area contributed by atoms with E-state index in [4.69, 9.17) is 0 Å². The number of alkyl halides is 3. The van der Waals surface area contributed by atoms with E-state index in [1.54, 1.807) is 24.3 Å². The maximum absolute atomic E-state index is 13.4. The van der Waals surface area contributed by atoms with E-state index in [-0.39, 0.29) is 16.9 Å². The molecule has 0 aliphatic rings. The summed E-state index contributed by atoms with van der Waals surface area (Å²) in [5, 5.41) is 6.98. The Hall–Kier alpha value is -4.32. The second kappa shape index (κ2) is 9.21. The average Bonchev–Trinajstić information content (AvgIpc) is 3.31. The van der Waals surface area contributed by atoms with Crippen molar-refractivity contribution >= 4 is 15.5 Å². The standard InChI is InChI=1S/C26H18F4N4O3S/c1-16-21(26(28,29)30)7-4-8-22(16)33-13-14-34-23(24(33)35)31-32-25(34)38(36,37)15-18-5-2-3-6-20(18)17-9-11-19(27)12-10-17/h2-14H,15H2,1H3. The van der Waals surface area contributed by atoms with Crippen molar-refractivity contribution in [2.75, 3.05) is 0 Å². The molecule has 0 N–H and O–H groups in total. The lowest BCUT2D eigenvalue weighted by Gasteiger charge is -2.15. The van der Waals surface area contributed by atoms with E-state index < -0.39 is 43.9 Å². The largest absolute Gasteiger partial charge is 0.416 e. The van der Waals surface area contributed by atoms with Crippen molar-refractivity contribution < 1.29 is 26.0 Å². The molecule has 0 spiro atoms. The quantitative estimate of drug-likeness (QED) is 0.292. The van der Waals surface area contributed by atoms with E-state index in [1.807, 2.05) is 0 Å². The van der Waals surface area contributed by atoms with Crippen LogP contribution in [0.15, 0.2) is 89.1 Å². The summed E-state index contributed by atoms with van der Waals surface area (Å²) in [5.41, 5.74) is -0.681. The number of rotatable bonds is 5. The minimum Gasteiger partial charge on any atom is -0.279 e. The highest BCUT2D eigenvalue weighted by atomic mass is 32.2. The third-order valence-electron chi connectivity index (χ3n) is 6.11. The fourth-order valence-corrected chi connectivity index (χ4v) is 5.69. The Morgan fingerprint density at radius 2 is 1.61 bits per heavy atom. The van der Waals surface area contributed by atoms with Crippen LogP contribution in [0.2, 0.25) is 0 Å². The number of hydrogen-bond acceptors (Lipinski definition) is 5. The molecule has 2 aromatic heterocycles. The molecule has 0 aliphatic carbocycles. The highest BCUT2D eigenvalue weighted by Crippen LogP contribution is 2.34. The van der Waals surface area contributed by atoms with Crippen molar-refractivity contribution in [3.63, 3.8) is 0 Å². The monoisotopic (exact) mass is 542 g/mol. The number of aromatic nitrogens is 4. The average molecular weight is 543 g/mol. The molecule has 38 heavy (non-hydrogen) atoms. The lowest BCUT2D eigenvalue weighted by Crippen LogP contribution is -2.22. The first-order chi connectivity index (χ1) is 18.0. The lowest BCUT2D eigenvalue weighted by atomic mass is 10.0. The van der Waals surface area contributed by atoms with Gasteiger partial charge in [-0.3, -0.25) is 13.8 Å². The zero-order chi connectivity index (χ0) is 27.2. The van der Waals surface area contributed by atoms with Crippen molar-refractivity contribution in [1.82, 2.24) is 19.2 Å². The molecule has 0 fully saturated rings. The van der Waals surface area contributed by atoms with Crippen LogP contribution in [0.5, 0.6) is 0 Å². The van der Waals surface area contributed by atoms with Gasteiger partial charge in [0.25, 0.3) is 5.16 Å². The molecule has 0 amide bonds. The molecule has 5 aromatic rings. The predicted molar refractivity (Wildman–Crippen MR) is 131 cm³/mol. The number of nitrogens with zero attached hydrogens (tertiary/aromatic N) is 4. The number of hydrogen-bond donors (Lipinski definition) is 0. The van der Waals surface area contributed by atoms with Crippen molar-refractivity contribution in [3.05, 3.63) is 112 Å². The molecule has 0 atom stereocenters. The molecule has 3 aromatic carbocycles. The maximum atomic E-state index is 13.4. The summed E-state index contributed by atoms with van der Waals surface area (Å²) >= 11 is 0. The second-order valence-electron chi connectivity index (χ2n) is 8.52. The van der Waals surface area contributed by atoms with Gasteiger partial charge in [0.15, 0.2) is 0 Å². The fourth-order valence-electron chi connectivity index (χ4n) is 4.29. The van der Waals surface area contributed by atoms with Crippen LogP contribution in [-0.2, 0) is 21.8 Å². The molecule has 7 nitrogen and oxygen atoms in total. The van der Waals surface area contributed by atoms with Crippen LogP contribution in [0.1, 0.15) is 16.7 Å². The van der Waals surface area contributed by atoms with E-state index >= 15 is 0 Å². The minimum absolute atomic E-state index is 0.0204. The van der Waals surface area contributed by atoms with E-state index in [0.29, 0.717) is 16.7 Å². The number of halogens is 4. The Kier molecular flexibility index (Phi) is 6.14. The van der Waals surface area contributed by atoms with Gasteiger partial charge in [-0.25, -0.2) is 12.8 Å². The second-order valence-corrected chi connectivity index (χ2v) is 10.4. The number of sulfone groups is 1. The van der Waals surface area contributed by atoms with Gasteiger partial charge in [0, 0.05) is 12.4 Å². The molecule has 5 rings (SSSR count). The fraction of sp³-hybridized carbons (Fsp3) is 0.115. The Morgan fingerprint density at radius 1 is 0.895 bits per heavy atom. The topological polar surface area (TPSA) is 86.3 Å². The first-order valence-corrected chi connectivity index (χ1v) is 12.8. The smallest absolute Gasteiger partial charge is 0.279 e. The van der Waals surface area contributed by atoms with Crippen molar-refractivity contribution in [1.29, 1.82) is 0 Å². The summed E-state index contributed by atoms with van der Waals surface area (Å²) in [4.78, 5) is 13.1. The number of benzene rings is 3. The van der Waals surface area contributed by atoms with E-state index in [0.717, 1.165) is 15.0 Å². The Labute approximate surface area is 213 Å². The predicted octanol–water partition coefficient (Wildman–Crippen LogP) is 4.99. The SMILES string of the molecule is Cc1c(-n2ccn3c(S(=O)(=O)Cc4ccccc4-c4ccc(F)cc4)nnc3c2=O)cccc1C(F)(F)F. The molecule has 0 saturated carbocycles. The van der Waals surface area contributed by atoms with Crippen molar-refractivity contribution in [2.45, 2.75) is 24.0 Å². The minimum atomic E-state index is -4.62. The van der Waals surface area contributed by atoms with Crippen LogP contribution in [0.25, 0.3) is 22.5 Å². The maximum Gasteiger partial charge on any atom is 0.416 e. The lowest BCUT2D eigenvalue weighted by molar-refractivity contribution is -0.138. The molecule has 0 bridgehead atoms. The first-order valence-electron chi connectivity index (χ1n) is 11.2. The van der Waals surface area contributed by atoms with Crippen LogP contribution < -0.4 is 5.56 Å². The Bertz CT molecular complexity index is 1840. The van der Waals surface area contributed by atoms with Gasteiger partial charge < -0.3 is 0 Å². The summed E-state index contributed by atoms with van der Waals surface area (Å²) < 4.78 is 82.2. The van der Waals surface area contributed by atoms with Gasteiger partial charge in [-0.2, -0.15) is 13.2 Å². The molecule has 0 aliphatic heterocycles. The molecular formula is C26H18F4N4O3S. The third kappa shape index (κ3) is 4.47. The third-order valence-corrected chi connectivity index (χ3v) is 7.63. The van der Waals surface area contributed by atoms with Gasteiger partial charge in [-0.05, 0) is 53.4 Å². The first kappa shape index (κ1) is 25.3. The van der Waals surface area contributed by atoms with Gasteiger partial charge in [0.1, 0.15) is 5.82 Å². The van der Waals surface area contributed by atoms with E-state index in [2.05, 4.69) is 10.2 Å². The highest BCUT2D eigenvalue weighted by molar-refractivity contribution is 7.90. The molecule has 0 radical (unpaired) electrons. The van der Waals surface area contributed by atoms with Gasteiger partial charge in [-0.15, -0.1) is 10.2 Å². The van der Waals surface area contributed by atoms with Crippen LogP contribution in [0, 0.1) is 12.7 Å². The normalized spacial score (nSPS) is 12.2. The molecule has 2 heterocycles. The van der Waals surface area contributed by atoms with Gasteiger partial charge >= 0.3 is 11.7 Å². The summed E-state index contributed by atoms with van der Waals surface area (Å²) in [5.74, 6) is -0.920. The molecule has 194 valence electrons. The molecular weight excluding hydrogens is 524 g/mol. The van der Waals surface area contributed by atoms with Crippen LogP contribution in [0.4, 0.5) is 17.6 Å². The van der Waals surface area contributed by atoms with E-state index in [1.165, 1.54) is 55.7 Å². The zero-order valence-corrected chi connectivity index (χ0v) is 20.5. The van der Waals surface area contributed by atoms with Crippen LogP contribution in [0.3, 0.4) is 0 Å². The summed E-state index contributed by atoms with van der Waals surface area (Å²) in [6.07, 6.45) is -2.23. The molecule has 0 unspecified atom stereocenters.